The lowest BCUT2D eigenvalue weighted by Gasteiger charge is -2.11. The van der Waals surface area contributed by atoms with Crippen LogP contribution in [0.15, 0.2) is 23.0 Å². The Morgan fingerprint density at radius 1 is 1.41 bits per heavy atom. The number of likely N-dealkylation sites (N-methyl/N-ethyl adjacent to an activating group) is 1. The van der Waals surface area contributed by atoms with E-state index in [2.05, 4.69) is 4.98 Å². The van der Waals surface area contributed by atoms with Crippen molar-refractivity contribution < 1.29 is 4.74 Å². The third-order valence-corrected chi connectivity index (χ3v) is 2.75. The summed E-state index contributed by atoms with van der Waals surface area (Å²) in [6.45, 7) is 1.46. The molecule has 92 valence electrons. The fourth-order valence-corrected chi connectivity index (χ4v) is 1.86. The fraction of sp³-hybridized carbons (Fsp3) is 0.417. The number of fused-ring (bicyclic) bond motifs is 1. The smallest absolute Gasteiger partial charge is 0.326 e. The first-order chi connectivity index (χ1) is 8.13. The lowest BCUT2D eigenvalue weighted by Crippen LogP contribution is -2.24. The van der Waals surface area contributed by atoms with Crippen molar-refractivity contribution in [3.8, 4) is 5.75 Å². The highest BCUT2D eigenvalue weighted by Crippen LogP contribution is 2.22. The average molecular weight is 235 g/mol. The van der Waals surface area contributed by atoms with Crippen LogP contribution in [0.4, 0.5) is 0 Å². The molecule has 0 aliphatic heterocycles. The molecule has 2 rings (SSSR count). The lowest BCUT2D eigenvalue weighted by atomic mass is 10.3. The third kappa shape index (κ3) is 2.19. The van der Waals surface area contributed by atoms with Crippen LogP contribution in [0.2, 0.25) is 0 Å². The number of benzene rings is 1. The Hall–Kier alpha value is -1.75. The van der Waals surface area contributed by atoms with Gasteiger partial charge in [-0.05, 0) is 26.2 Å². The van der Waals surface area contributed by atoms with Gasteiger partial charge in [0.2, 0.25) is 0 Å². The van der Waals surface area contributed by atoms with E-state index in [1.807, 2.05) is 37.2 Å². The third-order valence-electron chi connectivity index (χ3n) is 2.75. The van der Waals surface area contributed by atoms with E-state index < -0.39 is 0 Å². The van der Waals surface area contributed by atoms with Gasteiger partial charge in [-0.3, -0.25) is 4.57 Å². The highest BCUT2D eigenvalue weighted by atomic mass is 16.5. The van der Waals surface area contributed by atoms with Gasteiger partial charge in [-0.1, -0.05) is 6.07 Å². The molecular formula is C12H17N3O2. The lowest BCUT2D eigenvalue weighted by molar-refractivity contribution is 0.380. The number of para-hydroxylation sites is 1. The van der Waals surface area contributed by atoms with Gasteiger partial charge in [0.05, 0.1) is 12.6 Å². The van der Waals surface area contributed by atoms with Gasteiger partial charge in [-0.15, -0.1) is 0 Å². The second kappa shape index (κ2) is 4.63. The van der Waals surface area contributed by atoms with Crippen LogP contribution < -0.4 is 10.4 Å². The van der Waals surface area contributed by atoms with Gasteiger partial charge < -0.3 is 14.6 Å². The predicted octanol–water partition coefficient (Wildman–Crippen LogP) is 0.900. The maximum atomic E-state index is 11.9. The summed E-state index contributed by atoms with van der Waals surface area (Å²) >= 11 is 0. The Kier molecular flexibility index (Phi) is 3.19. The zero-order valence-electron chi connectivity index (χ0n) is 10.4. The number of rotatable bonds is 4. The molecule has 0 spiro atoms. The van der Waals surface area contributed by atoms with E-state index in [1.165, 1.54) is 0 Å². The number of ether oxygens (including phenoxy) is 1. The summed E-state index contributed by atoms with van der Waals surface area (Å²) < 4.78 is 7.01. The van der Waals surface area contributed by atoms with Gasteiger partial charge >= 0.3 is 5.69 Å². The van der Waals surface area contributed by atoms with Crippen LogP contribution in [0, 0.1) is 0 Å². The van der Waals surface area contributed by atoms with Gasteiger partial charge in [0, 0.05) is 13.1 Å². The Bertz CT molecular complexity index is 569. The molecule has 0 unspecified atom stereocenters. The van der Waals surface area contributed by atoms with Crippen molar-refractivity contribution in [1.82, 2.24) is 14.5 Å². The van der Waals surface area contributed by atoms with Gasteiger partial charge in [0.1, 0.15) is 11.3 Å². The van der Waals surface area contributed by atoms with Gasteiger partial charge in [-0.25, -0.2) is 4.79 Å². The first-order valence-corrected chi connectivity index (χ1v) is 5.53. The first-order valence-electron chi connectivity index (χ1n) is 5.53. The average Bonchev–Trinajstić information content (AvgIpc) is 2.61. The quantitative estimate of drug-likeness (QED) is 0.856. The minimum Gasteiger partial charge on any atom is -0.494 e. The monoisotopic (exact) mass is 235 g/mol. The van der Waals surface area contributed by atoms with E-state index in [4.69, 9.17) is 4.74 Å². The maximum absolute atomic E-state index is 11.9. The Morgan fingerprint density at radius 2 is 2.18 bits per heavy atom. The summed E-state index contributed by atoms with van der Waals surface area (Å²) in [5.41, 5.74) is 1.56. The van der Waals surface area contributed by atoms with E-state index in [0.717, 1.165) is 23.3 Å². The molecule has 0 aliphatic rings. The molecule has 1 aromatic carbocycles. The number of methoxy groups -OCH3 is 1. The molecule has 1 N–H and O–H groups in total. The Morgan fingerprint density at radius 3 is 2.82 bits per heavy atom. The normalized spacial score (nSPS) is 11.3. The van der Waals surface area contributed by atoms with Crippen LogP contribution in [0.5, 0.6) is 5.75 Å². The van der Waals surface area contributed by atoms with Crippen LogP contribution in [0.1, 0.15) is 0 Å². The highest BCUT2D eigenvalue weighted by molar-refractivity contribution is 5.81. The van der Waals surface area contributed by atoms with Crippen LogP contribution in [0.25, 0.3) is 11.0 Å². The largest absolute Gasteiger partial charge is 0.494 e. The van der Waals surface area contributed by atoms with E-state index in [-0.39, 0.29) is 5.69 Å². The Labute approximate surface area is 99.6 Å². The molecule has 0 atom stereocenters. The molecule has 0 fully saturated rings. The van der Waals surface area contributed by atoms with Crippen molar-refractivity contribution in [2.45, 2.75) is 6.54 Å². The zero-order valence-corrected chi connectivity index (χ0v) is 10.4. The van der Waals surface area contributed by atoms with Crippen molar-refractivity contribution >= 4 is 11.0 Å². The van der Waals surface area contributed by atoms with Crippen molar-refractivity contribution in [3.05, 3.63) is 28.7 Å². The highest BCUT2D eigenvalue weighted by Gasteiger charge is 2.11. The fourth-order valence-electron chi connectivity index (χ4n) is 1.86. The molecule has 5 heteroatoms. The number of hydrogen-bond donors (Lipinski definition) is 1. The summed E-state index contributed by atoms with van der Waals surface area (Å²) in [4.78, 5) is 16.7. The number of imidazole rings is 1. The van der Waals surface area contributed by atoms with Crippen molar-refractivity contribution in [2.24, 2.45) is 0 Å². The maximum Gasteiger partial charge on any atom is 0.326 e. The van der Waals surface area contributed by atoms with Crippen molar-refractivity contribution in [3.63, 3.8) is 0 Å². The van der Waals surface area contributed by atoms with Crippen LogP contribution in [-0.2, 0) is 6.54 Å². The summed E-state index contributed by atoms with van der Waals surface area (Å²) in [5.74, 6) is 0.722. The number of H-pyrrole nitrogens is 1. The number of nitrogens with one attached hydrogen (secondary N) is 1. The number of aromatic amines is 1. The predicted molar refractivity (Wildman–Crippen MR) is 67.7 cm³/mol. The van der Waals surface area contributed by atoms with E-state index in [9.17, 15) is 4.79 Å². The molecule has 0 saturated carbocycles. The first kappa shape index (κ1) is 11.7. The van der Waals surface area contributed by atoms with Gasteiger partial charge in [0.15, 0.2) is 0 Å². The van der Waals surface area contributed by atoms with E-state index in [0.29, 0.717) is 6.54 Å². The number of nitrogens with zero attached hydrogens (tertiary/aromatic N) is 2. The SMILES string of the molecule is COc1cccc2[nH]c(=O)n(CCN(C)C)c12. The topological polar surface area (TPSA) is 50.3 Å². The molecule has 0 amide bonds. The standard InChI is InChI=1S/C12H17N3O2/c1-14(2)7-8-15-11-9(13-12(15)16)5-4-6-10(11)17-3/h4-6H,7-8H2,1-3H3,(H,13,16). The van der Waals surface area contributed by atoms with Crippen LogP contribution >= 0.6 is 0 Å². The Balaban J connectivity index is 2.53. The molecule has 1 heterocycles. The molecule has 0 radical (unpaired) electrons. The minimum absolute atomic E-state index is 0.0913. The van der Waals surface area contributed by atoms with Crippen LogP contribution in [0.3, 0.4) is 0 Å². The summed E-state index contributed by atoms with van der Waals surface area (Å²) in [6, 6.07) is 5.61. The molecule has 1 aromatic heterocycles. The molecular weight excluding hydrogens is 218 g/mol. The second-order valence-electron chi connectivity index (χ2n) is 4.24. The van der Waals surface area contributed by atoms with Crippen molar-refractivity contribution in [1.29, 1.82) is 0 Å². The van der Waals surface area contributed by atoms with E-state index in [1.54, 1.807) is 11.7 Å². The number of hydrogen-bond acceptors (Lipinski definition) is 3. The van der Waals surface area contributed by atoms with Crippen molar-refractivity contribution in [2.75, 3.05) is 27.7 Å². The van der Waals surface area contributed by atoms with Gasteiger partial charge in [0.25, 0.3) is 0 Å². The van der Waals surface area contributed by atoms with E-state index >= 15 is 0 Å². The molecule has 0 aliphatic carbocycles. The molecule has 0 bridgehead atoms. The summed E-state index contributed by atoms with van der Waals surface area (Å²) in [7, 11) is 5.58. The molecule has 17 heavy (non-hydrogen) atoms. The number of aromatic nitrogens is 2. The zero-order chi connectivity index (χ0) is 12.4. The van der Waals surface area contributed by atoms with Crippen LogP contribution in [-0.4, -0.2) is 42.2 Å². The molecule has 5 nitrogen and oxygen atoms in total. The van der Waals surface area contributed by atoms with Gasteiger partial charge in [-0.2, -0.15) is 0 Å². The molecule has 2 aromatic rings. The second-order valence-corrected chi connectivity index (χ2v) is 4.24. The molecule has 0 saturated heterocycles. The summed E-state index contributed by atoms with van der Waals surface area (Å²) in [6.07, 6.45) is 0. The minimum atomic E-state index is -0.0913. The summed E-state index contributed by atoms with van der Waals surface area (Å²) in [5, 5.41) is 0.